The summed E-state index contributed by atoms with van der Waals surface area (Å²) in [6.45, 7) is 4.24. The minimum atomic E-state index is -0.167. The average molecular weight is 324 g/mol. The molecule has 22 heavy (non-hydrogen) atoms. The fourth-order valence-electron chi connectivity index (χ4n) is 5.29. The van der Waals surface area contributed by atoms with Gasteiger partial charge in [-0.25, -0.2) is 0 Å². The number of nitrogens with one attached hydrogen (secondary N) is 2. The van der Waals surface area contributed by atoms with Gasteiger partial charge in [0.1, 0.15) is 0 Å². The number of thiocarbonyl (C=S) groups is 1. The van der Waals surface area contributed by atoms with Gasteiger partial charge in [0.05, 0.1) is 13.0 Å². The van der Waals surface area contributed by atoms with Crippen LogP contribution in [-0.4, -0.2) is 29.3 Å². The van der Waals surface area contributed by atoms with Crippen LogP contribution in [0.15, 0.2) is 0 Å². The molecule has 0 heterocycles. The summed E-state index contributed by atoms with van der Waals surface area (Å²) in [4.78, 5) is 11.5. The van der Waals surface area contributed by atoms with E-state index in [9.17, 15) is 4.79 Å². The summed E-state index contributed by atoms with van der Waals surface area (Å²) in [5.74, 6) is 2.54. The molecule has 0 amide bonds. The predicted octanol–water partition coefficient (Wildman–Crippen LogP) is 2.76. The maximum absolute atomic E-state index is 11.5. The van der Waals surface area contributed by atoms with Crippen molar-refractivity contribution >= 4 is 23.3 Å². The van der Waals surface area contributed by atoms with Crippen molar-refractivity contribution in [3.63, 3.8) is 0 Å². The van der Waals surface area contributed by atoms with Gasteiger partial charge in [0, 0.05) is 11.6 Å². The molecule has 0 aromatic heterocycles. The molecule has 0 spiro atoms. The molecule has 5 heteroatoms. The molecule has 0 saturated heterocycles. The molecule has 1 unspecified atom stereocenters. The largest absolute Gasteiger partial charge is 0.466 e. The summed E-state index contributed by atoms with van der Waals surface area (Å²) in [5.41, 5.74) is 0.225. The maximum Gasteiger partial charge on any atom is 0.307 e. The first-order valence-corrected chi connectivity index (χ1v) is 9.13. The minimum Gasteiger partial charge on any atom is -0.466 e. The zero-order valence-corrected chi connectivity index (χ0v) is 14.5. The Hall–Kier alpha value is -0.840. The Morgan fingerprint density at radius 2 is 1.77 bits per heavy atom. The van der Waals surface area contributed by atoms with E-state index >= 15 is 0 Å². The molecule has 4 fully saturated rings. The summed E-state index contributed by atoms with van der Waals surface area (Å²) < 4.78 is 4.99. The van der Waals surface area contributed by atoms with Crippen molar-refractivity contribution in [2.24, 2.45) is 17.8 Å². The summed E-state index contributed by atoms with van der Waals surface area (Å²) in [5, 5.41) is 7.60. The number of esters is 1. The van der Waals surface area contributed by atoms with E-state index in [1.54, 1.807) is 0 Å². The number of carbonyl (C=O) groups is 1. The first-order chi connectivity index (χ1) is 10.5. The second-order valence-corrected chi connectivity index (χ2v) is 8.11. The van der Waals surface area contributed by atoms with Crippen molar-refractivity contribution in [3.05, 3.63) is 0 Å². The Kier molecular flexibility index (Phi) is 4.62. The standard InChI is InChI=1S/C17H28N2O2S/c1-3-21-15(20)4-11(2)18-16(22)19-17-8-12-5-13(9-17)7-14(6-12)10-17/h11-14H,3-10H2,1-2H3,(H2,18,19,22). The van der Waals surface area contributed by atoms with E-state index in [2.05, 4.69) is 10.6 Å². The summed E-state index contributed by atoms with van der Waals surface area (Å²) in [6.07, 6.45) is 8.46. The predicted molar refractivity (Wildman–Crippen MR) is 90.5 cm³/mol. The van der Waals surface area contributed by atoms with Crippen molar-refractivity contribution < 1.29 is 9.53 Å². The summed E-state index contributed by atoms with van der Waals surface area (Å²) in [7, 11) is 0. The smallest absolute Gasteiger partial charge is 0.307 e. The second kappa shape index (κ2) is 6.34. The lowest BCUT2D eigenvalue weighted by Crippen LogP contribution is -2.62. The van der Waals surface area contributed by atoms with E-state index in [-0.39, 0.29) is 17.6 Å². The molecule has 4 rings (SSSR count). The monoisotopic (exact) mass is 324 g/mol. The van der Waals surface area contributed by atoms with Crippen molar-refractivity contribution in [3.8, 4) is 0 Å². The van der Waals surface area contributed by atoms with E-state index < -0.39 is 0 Å². The van der Waals surface area contributed by atoms with Crippen LogP contribution >= 0.6 is 12.2 Å². The van der Waals surface area contributed by atoms with Gasteiger partial charge in [0.25, 0.3) is 0 Å². The molecular weight excluding hydrogens is 296 g/mol. The molecule has 4 bridgehead atoms. The van der Waals surface area contributed by atoms with Gasteiger partial charge in [0.2, 0.25) is 0 Å². The van der Waals surface area contributed by atoms with Crippen LogP contribution in [0.25, 0.3) is 0 Å². The molecular formula is C17H28N2O2S. The van der Waals surface area contributed by atoms with Crippen molar-refractivity contribution in [2.75, 3.05) is 6.61 Å². The normalized spacial score (nSPS) is 36.7. The number of hydrogen-bond donors (Lipinski definition) is 2. The number of ether oxygens (including phenoxy) is 1. The maximum atomic E-state index is 11.5. The van der Waals surface area contributed by atoms with Crippen LogP contribution in [0.5, 0.6) is 0 Å². The van der Waals surface area contributed by atoms with E-state index in [1.807, 2.05) is 13.8 Å². The lowest BCUT2D eigenvalue weighted by atomic mass is 9.53. The molecule has 1 atom stereocenters. The highest BCUT2D eigenvalue weighted by Crippen LogP contribution is 2.55. The Balaban J connectivity index is 1.50. The van der Waals surface area contributed by atoms with Crippen LogP contribution in [0.1, 0.15) is 58.8 Å². The van der Waals surface area contributed by atoms with Gasteiger partial charge in [0.15, 0.2) is 5.11 Å². The zero-order chi connectivity index (χ0) is 15.7. The van der Waals surface area contributed by atoms with Crippen LogP contribution in [0.2, 0.25) is 0 Å². The van der Waals surface area contributed by atoms with Gasteiger partial charge in [-0.2, -0.15) is 0 Å². The van der Waals surface area contributed by atoms with Crippen LogP contribution in [0.4, 0.5) is 0 Å². The highest BCUT2D eigenvalue weighted by atomic mass is 32.1. The average Bonchev–Trinajstić information content (AvgIpc) is 2.35. The summed E-state index contributed by atoms with van der Waals surface area (Å²) in [6, 6.07) is 0.00737. The van der Waals surface area contributed by atoms with Gasteiger partial charge in [-0.05, 0) is 82.3 Å². The van der Waals surface area contributed by atoms with Crippen molar-refractivity contribution in [2.45, 2.75) is 70.4 Å². The fraction of sp³-hybridized carbons (Fsp3) is 0.882. The lowest BCUT2D eigenvalue weighted by molar-refractivity contribution is -0.143. The minimum absolute atomic E-state index is 0.00737. The first kappa shape index (κ1) is 16.0. The first-order valence-electron chi connectivity index (χ1n) is 8.72. The summed E-state index contributed by atoms with van der Waals surface area (Å²) >= 11 is 5.51. The van der Waals surface area contributed by atoms with Crippen LogP contribution < -0.4 is 10.6 Å². The highest BCUT2D eigenvalue weighted by Gasteiger charge is 2.51. The quantitative estimate of drug-likeness (QED) is 0.601. The second-order valence-electron chi connectivity index (χ2n) is 7.71. The Morgan fingerprint density at radius 1 is 1.23 bits per heavy atom. The molecule has 2 N–H and O–H groups in total. The van der Waals surface area contributed by atoms with Crippen molar-refractivity contribution in [1.82, 2.24) is 10.6 Å². The molecule has 124 valence electrons. The van der Waals surface area contributed by atoms with Crippen LogP contribution in [-0.2, 0) is 9.53 Å². The van der Waals surface area contributed by atoms with E-state index in [0.29, 0.717) is 18.1 Å². The molecule has 4 aliphatic carbocycles. The van der Waals surface area contributed by atoms with Crippen LogP contribution in [0.3, 0.4) is 0 Å². The third-order valence-electron chi connectivity index (χ3n) is 5.57. The molecule has 0 aliphatic heterocycles. The number of hydrogen-bond acceptors (Lipinski definition) is 3. The zero-order valence-electron chi connectivity index (χ0n) is 13.7. The fourth-order valence-corrected chi connectivity index (χ4v) is 5.70. The van der Waals surface area contributed by atoms with Gasteiger partial charge in [-0.3, -0.25) is 4.79 Å². The third-order valence-corrected chi connectivity index (χ3v) is 5.79. The van der Waals surface area contributed by atoms with E-state index in [1.165, 1.54) is 38.5 Å². The van der Waals surface area contributed by atoms with E-state index in [0.717, 1.165) is 17.8 Å². The lowest BCUT2D eigenvalue weighted by Gasteiger charge is -2.57. The van der Waals surface area contributed by atoms with Gasteiger partial charge in [-0.15, -0.1) is 0 Å². The molecule has 4 saturated carbocycles. The molecule has 0 aromatic rings. The molecule has 0 radical (unpaired) electrons. The molecule has 4 nitrogen and oxygen atoms in total. The van der Waals surface area contributed by atoms with E-state index in [4.69, 9.17) is 17.0 Å². The molecule has 4 aliphatic rings. The van der Waals surface area contributed by atoms with Gasteiger partial charge >= 0.3 is 5.97 Å². The number of carbonyl (C=O) groups excluding carboxylic acids is 1. The van der Waals surface area contributed by atoms with Crippen LogP contribution in [0, 0.1) is 17.8 Å². The Labute approximate surface area is 138 Å². The number of rotatable bonds is 5. The SMILES string of the molecule is CCOC(=O)CC(C)NC(=S)NC12CC3CC(CC(C3)C1)C2. The third kappa shape index (κ3) is 3.55. The van der Waals surface area contributed by atoms with Gasteiger partial charge in [-0.1, -0.05) is 0 Å². The Morgan fingerprint density at radius 3 is 2.27 bits per heavy atom. The van der Waals surface area contributed by atoms with Crippen molar-refractivity contribution in [1.29, 1.82) is 0 Å². The Bertz CT molecular complexity index is 417. The highest BCUT2D eigenvalue weighted by molar-refractivity contribution is 7.80. The topological polar surface area (TPSA) is 50.4 Å². The van der Waals surface area contributed by atoms with Gasteiger partial charge < -0.3 is 15.4 Å². The molecule has 0 aromatic carbocycles.